The molecule has 3 rings (SSSR count). The Bertz CT molecular complexity index is 932. The van der Waals surface area contributed by atoms with Crippen LogP contribution in [0, 0.1) is 5.82 Å². The second-order valence-corrected chi connectivity index (χ2v) is 5.41. The monoisotopic (exact) mass is 338 g/mol. The van der Waals surface area contributed by atoms with Crippen molar-refractivity contribution in [3.63, 3.8) is 0 Å². The second kappa shape index (κ2) is 7.13. The van der Waals surface area contributed by atoms with E-state index in [1.54, 1.807) is 12.1 Å². The van der Waals surface area contributed by atoms with Crippen LogP contribution < -0.4 is 4.74 Å². The molecule has 4 nitrogen and oxygen atoms in total. The highest BCUT2D eigenvalue weighted by Gasteiger charge is 2.17. The van der Waals surface area contributed by atoms with E-state index in [0.717, 1.165) is 10.8 Å². The molecule has 0 aliphatic carbocycles. The summed E-state index contributed by atoms with van der Waals surface area (Å²) in [6.45, 7) is -0.430. The number of Topliss-reactive ketones (excluding diaryl/α,β-unsaturated/α-hetero) is 1. The summed E-state index contributed by atoms with van der Waals surface area (Å²) < 4.78 is 23.2. The number of carbonyl (C=O) groups excluding carboxylic acids is 2. The lowest BCUT2D eigenvalue weighted by Gasteiger charge is -2.10. The average Bonchev–Trinajstić information content (AvgIpc) is 2.65. The van der Waals surface area contributed by atoms with Crippen molar-refractivity contribution in [3.8, 4) is 5.75 Å². The summed E-state index contributed by atoms with van der Waals surface area (Å²) in [6, 6.07) is 16.0. The van der Waals surface area contributed by atoms with E-state index in [9.17, 15) is 14.0 Å². The fourth-order valence-corrected chi connectivity index (χ4v) is 2.48. The third kappa shape index (κ3) is 3.66. The van der Waals surface area contributed by atoms with Gasteiger partial charge in [0, 0.05) is 5.56 Å². The van der Waals surface area contributed by atoms with E-state index in [1.165, 1.54) is 31.4 Å². The van der Waals surface area contributed by atoms with Crippen LogP contribution in [0.15, 0.2) is 60.7 Å². The highest BCUT2D eigenvalue weighted by Crippen LogP contribution is 2.26. The maximum Gasteiger partial charge on any atom is 0.342 e. The molecule has 0 unspecified atom stereocenters. The number of fused-ring (bicyclic) bond motifs is 1. The van der Waals surface area contributed by atoms with Gasteiger partial charge in [0.15, 0.2) is 12.4 Å². The number of ether oxygens (including phenoxy) is 2. The Balaban J connectivity index is 1.77. The molecule has 0 heterocycles. The molecule has 0 aliphatic rings. The topological polar surface area (TPSA) is 52.6 Å². The Hall–Kier alpha value is -3.21. The maximum atomic E-state index is 12.9. The maximum absolute atomic E-state index is 12.9. The Morgan fingerprint density at radius 3 is 2.24 bits per heavy atom. The van der Waals surface area contributed by atoms with E-state index in [4.69, 9.17) is 9.47 Å². The first-order chi connectivity index (χ1) is 12.1. The Kier molecular flexibility index (Phi) is 4.75. The molecule has 0 amide bonds. The standard InChI is InChI=1S/C20H15FO4/c1-24-19-11-15-5-3-2-4-14(15)10-17(19)20(23)25-12-18(22)13-6-8-16(21)9-7-13/h2-11H,12H2,1H3. The van der Waals surface area contributed by atoms with Gasteiger partial charge < -0.3 is 9.47 Å². The molecule has 0 atom stereocenters. The number of esters is 1. The van der Waals surface area contributed by atoms with Crippen LogP contribution in [0.2, 0.25) is 0 Å². The lowest BCUT2D eigenvalue weighted by molar-refractivity contribution is 0.0471. The van der Waals surface area contributed by atoms with Crippen molar-refractivity contribution < 1.29 is 23.5 Å². The summed E-state index contributed by atoms with van der Waals surface area (Å²) in [7, 11) is 1.46. The second-order valence-electron chi connectivity index (χ2n) is 5.41. The molecule has 0 aromatic heterocycles. The summed E-state index contributed by atoms with van der Waals surface area (Å²) >= 11 is 0. The molecule has 0 N–H and O–H groups in total. The summed E-state index contributed by atoms with van der Waals surface area (Å²) in [6.07, 6.45) is 0. The van der Waals surface area contributed by atoms with Gasteiger partial charge in [-0.05, 0) is 47.2 Å². The van der Waals surface area contributed by atoms with Gasteiger partial charge in [-0.25, -0.2) is 9.18 Å². The molecule has 0 spiro atoms. The number of hydrogen-bond acceptors (Lipinski definition) is 4. The molecule has 0 fully saturated rings. The Labute approximate surface area is 143 Å². The van der Waals surface area contributed by atoms with Crippen molar-refractivity contribution >= 4 is 22.5 Å². The molecule has 0 saturated heterocycles. The van der Waals surface area contributed by atoms with Crippen LogP contribution in [0.1, 0.15) is 20.7 Å². The molecule has 0 bridgehead atoms. The third-order valence-corrected chi connectivity index (χ3v) is 3.79. The molecule has 3 aromatic carbocycles. The van der Waals surface area contributed by atoms with E-state index in [1.807, 2.05) is 24.3 Å². The lowest BCUT2D eigenvalue weighted by Crippen LogP contribution is -2.15. The van der Waals surface area contributed by atoms with E-state index < -0.39 is 24.2 Å². The number of rotatable bonds is 5. The van der Waals surface area contributed by atoms with Gasteiger partial charge in [-0.15, -0.1) is 0 Å². The van der Waals surface area contributed by atoms with Gasteiger partial charge in [0.05, 0.1) is 7.11 Å². The summed E-state index contributed by atoms with van der Waals surface area (Å²) in [4.78, 5) is 24.4. The zero-order valence-electron chi connectivity index (χ0n) is 13.5. The number of carbonyl (C=O) groups is 2. The molecule has 0 radical (unpaired) electrons. The summed E-state index contributed by atoms with van der Waals surface area (Å²) in [5.74, 6) is -1.13. The highest BCUT2D eigenvalue weighted by molar-refractivity contribution is 6.02. The largest absolute Gasteiger partial charge is 0.496 e. The van der Waals surface area contributed by atoms with Crippen LogP contribution in [0.3, 0.4) is 0 Å². The first-order valence-corrected chi connectivity index (χ1v) is 7.61. The van der Waals surface area contributed by atoms with Crippen LogP contribution in [-0.4, -0.2) is 25.5 Å². The van der Waals surface area contributed by atoms with Gasteiger partial charge in [-0.1, -0.05) is 24.3 Å². The molecule has 5 heteroatoms. The predicted octanol–water partition coefficient (Wildman–Crippen LogP) is 4.03. The number of methoxy groups -OCH3 is 1. The van der Waals surface area contributed by atoms with E-state index in [-0.39, 0.29) is 11.1 Å². The number of halogens is 1. The average molecular weight is 338 g/mol. The number of ketones is 1. The quantitative estimate of drug-likeness (QED) is 0.521. The first-order valence-electron chi connectivity index (χ1n) is 7.61. The number of hydrogen-bond donors (Lipinski definition) is 0. The molecule has 3 aromatic rings. The fraction of sp³-hybridized carbons (Fsp3) is 0.100. The Morgan fingerprint density at radius 2 is 1.60 bits per heavy atom. The minimum atomic E-state index is -0.655. The van der Waals surface area contributed by atoms with Crippen molar-refractivity contribution in [2.45, 2.75) is 0 Å². The van der Waals surface area contributed by atoms with Gasteiger partial charge >= 0.3 is 5.97 Å². The normalized spacial score (nSPS) is 10.5. The van der Waals surface area contributed by atoms with Crippen LogP contribution in [0.5, 0.6) is 5.75 Å². The number of benzene rings is 3. The van der Waals surface area contributed by atoms with Crippen molar-refractivity contribution in [2.24, 2.45) is 0 Å². The van der Waals surface area contributed by atoms with Gasteiger partial charge in [0.2, 0.25) is 0 Å². The van der Waals surface area contributed by atoms with E-state index in [2.05, 4.69) is 0 Å². The van der Waals surface area contributed by atoms with Gasteiger partial charge in [0.1, 0.15) is 17.1 Å². The van der Waals surface area contributed by atoms with E-state index in [0.29, 0.717) is 5.75 Å². The first kappa shape index (κ1) is 16.6. The third-order valence-electron chi connectivity index (χ3n) is 3.79. The van der Waals surface area contributed by atoms with Crippen molar-refractivity contribution in [1.82, 2.24) is 0 Å². The van der Waals surface area contributed by atoms with E-state index >= 15 is 0 Å². The van der Waals surface area contributed by atoms with Crippen molar-refractivity contribution in [2.75, 3.05) is 13.7 Å². The highest BCUT2D eigenvalue weighted by atomic mass is 19.1. The summed E-state index contributed by atoms with van der Waals surface area (Å²) in [5.41, 5.74) is 0.521. The molecular formula is C20H15FO4. The van der Waals surface area contributed by atoms with Crippen LogP contribution in [0.4, 0.5) is 4.39 Å². The van der Waals surface area contributed by atoms with Gasteiger partial charge in [-0.3, -0.25) is 4.79 Å². The molecule has 126 valence electrons. The zero-order valence-corrected chi connectivity index (χ0v) is 13.5. The minimum Gasteiger partial charge on any atom is -0.496 e. The summed E-state index contributed by atoms with van der Waals surface area (Å²) in [5, 5.41) is 1.79. The zero-order chi connectivity index (χ0) is 17.8. The molecular weight excluding hydrogens is 323 g/mol. The van der Waals surface area contributed by atoms with Gasteiger partial charge in [-0.2, -0.15) is 0 Å². The van der Waals surface area contributed by atoms with Crippen LogP contribution in [0.25, 0.3) is 10.8 Å². The van der Waals surface area contributed by atoms with Gasteiger partial charge in [0.25, 0.3) is 0 Å². The van der Waals surface area contributed by atoms with Crippen molar-refractivity contribution in [1.29, 1.82) is 0 Å². The molecule has 0 saturated carbocycles. The Morgan fingerprint density at radius 1 is 0.960 bits per heavy atom. The molecule has 25 heavy (non-hydrogen) atoms. The van der Waals surface area contributed by atoms with Crippen molar-refractivity contribution in [3.05, 3.63) is 77.6 Å². The SMILES string of the molecule is COc1cc2ccccc2cc1C(=O)OCC(=O)c1ccc(F)cc1. The van der Waals surface area contributed by atoms with Crippen LogP contribution in [-0.2, 0) is 4.74 Å². The predicted molar refractivity (Wildman–Crippen MR) is 91.5 cm³/mol. The fourth-order valence-electron chi connectivity index (χ4n) is 2.48. The lowest BCUT2D eigenvalue weighted by atomic mass is 10.1. The smallest absolute Gasteiger partial charge is 0.342 e. The van der Waals surface area contributed by atoms with Crippen LogP contribution >= 0.6 is 0 Å². The minimum absolute atomic E-state index is 0.244. The molecule has 0 aliphatic heterocycles.